The van der Waals surface area contributed by atoms with E-state index in [-0.39, 0.29) is 0 Å². The van der Waals surface area contributed by atoms with Gasteiger partial charge in [-0.15, -0.1) is 11.8 Å². The highest BCUT2D eigenvalue weighted by molar-refractivity contribution is 7.99. The van der Waals surface area contributed by atoms with Crippen LogP contribution in [-0.4, -0.2) is 31.1 Å². The molecule has 0 bridgehead atoms. The number of nitrogens with zero attached hydrogens (tertiary/aromatic N) is 1. The Kier molecular flexibility index (Phi) is 4.27. The largest absolute Gasteiger partial charge is 0.486 e. The third-order valence-corrected chi connectivity index (χ3v) is 5.13. The fourth-order valence-electron chi connectivity index (χ4n) is 2.68. The molecule has 1 unspecified atom stereocenters. The molecule has 1 saturated carbocycles. The topological polar surface area (TPSA) is 54.3 Å². The van der Waals surface area contributed by atoms with Gasteiger partial charge in [-0.1, -0.05) is 6.92 Å². The van der Waals surface area contributed by atoms with Gasteiger partial charge in [0.15, 0.2) is 11.5 Å². The molecule has 0 spiro atoms. The minimum absolute atomic E-state index is 0.396. The van der Waals surface area contributed by atoms with Crippen LogP contribution in [0, 0.1) is 17.2 Å². The summed E-state index contributed by atoms with van der Waals surface area (Å²) >= 11 is 1.71. The molecular weight excluding hydrogens is 284 g/mol. The van der Waals surface area contributed by atoms with Crippen molar-refractivity contribution < 1.29 is 9.47 Å². The van der Waals surface area contributed by atoms with Crippen LogP contribution in [0.4, 0.5) is 0 Å². The van der Waals surface area contributed by atoms with Gasteiger partial charge in [0, 0.05) is 10.6 Å². The number of hydrogen-bond acceptors (Lipinski definition) is 5. The molecule has 3 rings (SSSR count). The van der Waals surface area contributed by atoms with Gasteiger partial charge in [-0.2, -0.15) is 5.26 Å². The molecule has 2 aliphatic rings. The number of rotatable bonds is 6. The SMILES string of the molecule is CCNC(C#N)(CSc1ccc2c(c1)OCCO2)C1CC1. The second kappa shape index (κ2) is 6.17. The van der Waals surface area contributed by atoms with Gasteiger partial charge in [0.25, 0.3) is 0 Å². The zero-order chi connectivity index (χ0) is 14.7. The Bertz CT molecular complexity index is 554. The van der Waals surface area contributed by atoms with Crippen molar-refractivity contribution in [3.05, 3.63) is 18.2 Å². The van der Waals surface area contributed by atoms with Crippen molar-refractivity contribution in [2.45, 2.75) is 30.2 Å². The van der Waals surface area contributed by atoms with Crippen molar-refractivity contribution in [1.82, 2.24) is 5.32 Å². The van der Waals surface area contributed by atoms with Crippen LogP contribution in [0.1, 0.15) is 19.8 Å². The summed E-state index contributed by atoms with van der Waals surface area (Å²) in [5, 5.41) is 13.0. The van der Waals surface area contributed by atoms with Crippen molar-refractivity contribution in [2.75, 3.05) is 25.5 Å². The van der Waals surface area contributed by atoms with Crippen molar-refractivity contribution in [3.8, 4) is 17.6 Å². The van der Waals surface area contributed by atoms with Crippen LogP contribution in [0.25, 0.3) is 0 Å². The van der Waals surface area contributed by atoms with Crippen LogP contribution in [0.2, 0.25) is 0 Å². The van der Waals surface area contributed by atoms with Gasteiger partial charge in [0.1, 0.15) is 18.8 Å². The highest BCUT2D eigenvalue weighted by Crippen LogP contribution is 2.43. The normalized spacial score (nSPS) is 19.6. The molecule has 1 aliphatic heterocycles. The molecule has 4 nitrogen and oxygen atoms in total. The van der Waals surface area contributed by atoms with Crippen molar-refractivity contribution in [3.63, 3.8) is 0 Å². The van der Waals surface area contributed by atoms with Crippen LogP contribution in [0.15, 0.2) is 23.1 Å². The Morgan fingerprint density at radius 3 is 2.76 bits per heavy atom. The van der Waals surface area contributed by atoms with Crippen molar-refractivity contribution >= 4 is 11.8 Å². The second-order valence-electron chi connectivity index (χ2n) is 5.48. The first-order valence-corrected chi connectivity index (χ1v) is 8.45. The quantitative estimate of drug-likeness (QED) is 0.819. The highest BCUT2D eigenvalue weighted by atomic mass is 32.2. The molecule has 0 saturated heterocycles. The fourth-order valence-corrected chi connectivity index (χ4v) is 3.83. The van der Waals surface area contributed by atoms with E-state index in [2.05, 4.69) is 18.3 Å². The zero-order valence-corrected chi connectivity index (χ0v) is 13.0. The summed E-state index contributed by atoms with van der Waals surface area (Å²) in [5.74, 6) is 2.88. The van der Waals surface area contributed by atoms with Gasteiger partial charge >= 0.3 is 0 Å². The first-order chi connectivity index (χ1) is 10.3. The number of hydrogen-bond donors (Lipinski definition) is 1. The summed E-state index contributed by atoms with van der Waals surface area (Å²) in [6, 6.07) is 8.53. The van der Waals surface area contributed by atoms with E-state index in [1.54, 1.807) is 11.8 Å². The van der Waals surface area contributed by atoms with E-state index in [1.807, 2.05) is 18.2 Å². The standard InChI is InChI=1S/C16H20N2O2S/c1-2-18-16(10-17,12-3-4-12)11-21-13-5-6-14-15(9-13)20-8-7-19-14/h5-6,9,12,18H,2-4,7-8,11H2,1H3. The molecule has 21 heavy (non-hydrogen) atoms. The van der Waals surface area contributed by atoms with Crippen LogP contribution in [-0.2, 0) is 0 Å². The van der Waals surface area contributed by atoms with E-state index in [1.165, 1.54) is 0 Å². The predicted molar refractivity (Wildman–Crippen MR) is 82.9 cm³/mol. The van der Waals surface area contributed by atoms with E-state index in [9.17, 15) is 5.26 Å². The first kappa shape index (κ1) is 14.6. The molecule has 1 heterocycles. The van der Waals surface area contributed by atoms with Crippen LogP contribution in [0.5, 0.6) is 11.5 Å². The Balaban J connectivity index is 1.70. The Labute approximate surface area is 129 Å². The second-order valence-corrected chi connectivity index (χ2v) is 6.53. The highest BCUT2D eigenvalue weighted by Gasteiger charge is 2.45. The zero-order valence-electron chi connectivity index (χ0n) is 12.2. The molecule has 0 aromatic heterocycles. The summed E-state index contributed by atoms with van der Waals surface area (Å²) in [7, 11) is 0. The molecule has 5 heteroatoms. The lowest BCUT2D eigenvalue weighted by Crippen LogP contribution is -2.48. The summed E-state index contributed by atoms with van der Waals surface area (Å²) < 4.78 is 11.1. The molecule has 1 aromatic rings. The van der Waals surface area contributed by atoms with Crippen LogP contribution >= 0.6 is 11.8 Å². The summed E-state index contributed by atoms with van der Waals surface area (Å²) in [6.07, 6.45) is 2.31. The molecule has 1 aliphatic carbocycles. The van der Waals surface area contributed by atoms with E-state index in [0.717, 1.165) is 41.5 Å². The lowest BCUT2D eigenvalue weighted by molar-refractivity contribution is 0.171. The lowest BCUT2D eigenvalue weighted by atomic mass is 9.98. The van der Waals surface area contributed by atoms with Gasteiger partial charge in [-0.25, -0.2) is 0 Å². The third kappa shape index (κ3) is 3.12. The van der Waals surface area contributed by atoms with Gasteiger partial charge in [-0.3, -0.25) is 5.32 Å². The third-order valence-electron chi connectivity index (χ3n) is 3.95. The predicted octanol–water partition coefficient (Wildman–Crippen LogP) is 2.83. The van der Waals surface area contributed by atoms with Gasteiger partial charge in [-0.05, 0) is 43.5 Å². The fraction of sp³-hybridized carbons (Fsp3) is 0.562. The van der Waals surface area contributed by atoms with Crippen LogP contribution < -0.4 is 14.8 Å². The maximum absolute atomic E-state index is 9.62. The van der Waals surface area contributed by atoms with E-state index >= 15 is 0 Å². The minimum Gasteiger partial charge on any atom is -0.486 e. The van der Waals surface area contributed by atoms with Crippen LogP contribution in [0.3, 0.4) is 0 Å². The molecule has 112 valence electrons. The Morgan fingerprint density at radius 2 is 2.10 bits per heavy atom. The average molecular weight is 304 g/mol. The number of ether oxygens (including phenoxy) is 2. The molecule has 0 radical (unpaired) electrons. The maximum atomic E-state index is 9.62. The minimum atomic E-state index is -0.396. The number of benzene rings is 1. The summed E-state index contributed by atoms with van der Waals surface area (Å²) in [5.41, 5.74) is -0.396. The molecule has 1 atom stereocenters. The van der Waals surface area contributed by atoms with Gasteiger partial charge in [0.2, 0.25) is 0 Å². The summed E-state index contributed by atoms with van der Waals surface area (Å²) in [4.78, 5) is 1.12. The van der Waals surface area contributed by atoms with Gasteiger partial charge in [0.05, 0.1) is 6.07 Å². The number of nitriles is 1. The Morgan fingerprint density at radius 1 is 1.33 bits per heavy atom. The van der Waals surface area contributed by atoms with E-state index in [0.29, 0.717) is 19.1 Å². The lowest BCUT2D eigenvalue weighted by Gasteiger charge is -2.27. The number of nitrogens with one attached hydrogen (secondary N) is 1. The maximum Gasteiger partial charge on any atom is 0.162 e. The first-order valence-electron chi connectivity index (χ1n) is 7.46. The van der Waals surface area contributed by atoms with Gasteiger partial charge < -0.3 is 9.47 Å². The average Bonchev–Trinajstić information content (AvgIpc) is 3.36. The number of fused-ring (bicyclic) bond motifs is 1. The molecule has 0 amide bonds. The smallest absolute Gasteiger partial charge is 0.162 e. The number of thioether (sulfide) groups is 1. The Hall–Kier alpha value is -1.38. The summed E-state index contributed by atoms with van der Waals surface area (Å²) in [6.45, 7) is 4.09. The molecule has 1 fully saturated rings. The van der Waals surface area contributed by atoms with E-state index < -0.39 is 5.54 Å². The van der Waals surface area contributed by atoms with Crippen molar-refractivity contribution in [2.24, 2.45) is 5.92 Å². The molecular formula is C16H20N2O2S. The van der Waals surface area contributed by atoms with Crippen molar-refractivity contribution in [1.29, 1.82) is 5.26 Å². The molecule has 1 N–H and O–H groups in total. The molecule has 1 aromatic carbocycles. The monoisotopic (exact) mass is 304 g/mol. The van der Waals surface area contributed by atoms with E-state index in [4.69, 9.17) is 9.47 Å².